The molecule has 1 aliphatic heterocycles. The zero-order chi connectivity index (χ0) is 24.8. The van der Waals surface area contributed by atoms with Crippen molar-refractivity contribution < 1.29 is 14.6 Å². The van der Waals surface area contributed by atoms with Crippen LogP contribution >= 0.6 is 11.3 Å². The summed E-state index contributed by atoms with van der Waals surface area (Å²) in [5, 5.41) is 9.90. The second kappa shape index (κ2) is 8.84. The molecular formula is C29H24N2O4S. The summed E-state index contributed by atoms with van der Waals surface area (Å²) in [4.78, 5) is 19.6. The van der Waals surface area contributed by atoms with Crippen molar-refractivity contribution in [2.45, 2.75) is 18.9 Å². The van der Waals surface area contributed by atoms with Crippen molar-refractivity contribution in [3.05, 3.63) is 114 Å². The van der Waals surface area contributed by atoms with Crippen molar-refractivity contribution in [1.29, 1.82) is 0 Å². The quantitative estimate of drug-likeness (QED) is 0.463. The van der Waals surface area contributed by atoms with Crippen LogP contribution in [0.15, 0.2) is 82.1 Å². The lowest BCUT2D eigenvalue weighted by molar-refractivity contribution is 0.348. The molecule has 0 amide bonds. The molecule has 180 valence electrons. The first kappa shape index (κ1) is 22.4. The minimum absolute atomic E-state index is 0.123. The van der Waals surface area contributed by atoms with E-state index >= 15 is 0 Å². The van der Waals surface area contributed by atoms with E-state index in [9.17, 15) is 9.90 Å². The van der Waals surface area contributed by atoms with Gasteiger partial charge in [-0.2, -0.15) is 0 Å². The Morgan fingerprint density at radius 2 is 1.86 bits per heavy atom. The number of para-hydroxylation sites is 1. The molecule has 6 rings (SSSR count). The lowest BCUT2D eigenvalue weighted by Crippen LogP contribution is -2.39. The number of nitrogens with zero attached hydrogens (tertiary/aromatic N) is 2. The molecule has 1 atom stereocenters. The third kappa shape index (κ3) is 3.55. The molecule has 1 aromatic heterocycles. The molecule has 4 aromatic rings. The van der Waals surface area contributed by atoms with Crippen LogP contribution in [0.1, 0.15) is 34.7 Å². The Hall–Kier alpha value is -4.10. The fraction of sp³-hybridized carbons (Fsp3) is 0.172. The molecule has 0 fully saturated rings. The predicted molar refractivity (Wildman–Crippen MR) is 140 cm³/mol. The van der Waals surface area contributed by atoms with E-state index in [1.165, 1.54) is 16.9 Å². The topological polar surface area (TPSA) is 73.0 Å². The largest absolute Gasteiger partial charge is 0.508 e. The number of allylic oxidation sites excluding steroid dienone is 1. The van der Waals surface area contributed by atoms with Crippen molar-refractivity contribution >= 4 is 23.1 Å². The van der Waals surface area contributed by atoms with Crippen LogP contribution in [-0.4, -0.2) is 23.9 Å². The molecule has 0 bridgehead atoms. The second-order valence-corrected chi connectivity index (χ2v) is 9.80. The normalized spacial score (nSPS) is 16.6. The van der Waals surface area contributed by atoms with Crippen molar-refractivity contribution in [3.8, 4) is 17.2 Å². The number of aryl methyl sites for hydroxylation is 1. The van der Waals surface area contributed by atoms with Crippen molar-refractivity contribution in [1.82, 2.24) is 4.57 Å². The Kier molecular flexibility index (Phi) is 5.49. The van der Waals surface area contributed by atoms with E-state index in [1.54, 1.807) is 43.1 Å². The van der Waals surface area contributed by atoms with Gasteiger partial charge in [0, 0.05) is 11.1 Å². The van der Waals surface area contributed by atoms with Gasteiger partial charge in [0.05, 0.1) is 30.5 Å². The third-order valence-corrected chi connectivity index (χ3v) is 7.75. The zero-order valence-corrected chi connectivity index (χ0v) is 20.7. The van der Waals surface area contributed by atoms with Crippen LogP contribution in [0.25, 0.3) is 11.8 Å². The molecule has 1 aliphatic carbocycles. The monoisotopic (exact) mass is 496 g/mol. The highest BCUT2D eigenvalue weighted by Crippen LogP contribution is 2.45. The third-order valence-electron chi connectivity index (χ3n) is 6.77. The van der Waals surface area contributed by atoms with Crippen molar-refractivity contribution in [3.63, 3.8) is 0 Å². The molecular weight excluding hydrogens is 472 g/mol. The van der Waals surface area contributed by atoms with E-state index in [-0.39, 0.29) is 17.4 Å². The van der Waals surface area contributed by atoms with E-state index in [0.717, 1.165) is 40.8 Å². The highest BCUT2D eigenvalue weighted by Gasteiger charge is 2.34. The number of benzene rings is 3. The van der Waals surface area contributed by atoms with Gasteiger partial charge >= 0.3 is 0 Å². The number of methoxy groups -OCH3 is 2. The number of thiazole rings is 1. The second-order valence-electron chi connectivity index (χ2n) is 8.79. The van der Waals surface area contributed by atoms with Gasteiger partial charge in [-0.25, -0.2) is 4.99 Å². The number of hydrogen-bond donors (Lipinski definition) is 1. The van der Waals surface area contributed by atoms with Crippen LogP contribution in [0.5, 0.6) is 17.2 Å². The molecule has 36 heavy (non-hydrogen) atoms. The number of rotatable bonds is 4. The fourth-order valence-corrected chi connectivity index (χ4v) is 6.19. The molecule has 1 N–H and O–H groups in total. The molecule has 0 saturated carbocycles. The molecule has 0 unspecified atom stereocenters. The van der Waals surface area contributed by atoms with Gasteiger partial charge in [-0.05, 0) is 53.8 Å². The first-order chi connectivity index (χ1) is 17.6. The van der Waals surface area contributed by atoms with Crippen LogP contribution in [0.3, 0.4) is 0 Å². The SMILES string of the molecule is COc1cccc([C@@H]2C3=C(N=c4s/c(=C\c5cccc(O)c5)c(=O)n42)c2ccccc2CC3)c1OC. The lowest BCUT2D eigenvalue weighted by atomic mass is 9.83. The van der Waals surface area contributed by atoms with Crippen molar-refractivity contribution in [2.75, 3.05) is 14.2 Å². The minimum atomic E-state index is -0.374. The van der Waals surface area contributed by atoms with Crippen LogP contribution in [0, 0.1) is 0 Å². The van der Waals surface area contributed by atoms with Gasteiger partial charge < -0.3 is 14.6 Å². The van der Waals surface area contributed by atoms with E-state index in [2.05, 4.69) is 18.2 Å². The molecule has 7 heteroatoms. The first-order valence-corrected chi connectivity index (χ1v) is 12.5. The summed E-state index contributed by atoms with van der Waals surface area (Å²) in [6.07, 6.45) is 3.47. The maximum atomic E-state index is 13.9. The average Bonchev–Trinajstić information content (AvgIpc) is 3.21. The van der Waals surface area contributed by atoms with E-state index < -0.39 is 0 Å². The number of aromatic hydroxyl groups is 1. The highest BCUT2D eigenvalue weighted by molar-refractivity contribution is 7.07. The van der Waals surface area contributed by atoms with E-state index in [1.807, 2.05) is 30.3 Å². The molecule has 3 aromatic carbocycles. The van der Waals surface area contributed by atoms with Gasteiger partial charge in [-0.15, -0.1) is 0 Å². The van der Waals surface area contributed by atoms with Gasteiger partial charge in [0.1, 0.15) is 5.75 Å². The number of ether oxygens (including phenoxy) is 2. The Bertz CT molecular complexity index is 1710. The van der Waals surface area contributed by atoms with Crippen LogP contribution < -0.4 is 24.4 Å². The summed E-state index contributed by atoms with van der Waals surface area (Å²) in [5.74, 6) is 1.38. The van der Waals surface area contributed by atoms with Crippen LogP contribution in [-0.2, 0) is 6.42 Å². The Morgan fingerprint density at radius 1 is 1.03 bits per heavy atom. The first-order valence-electron chi connectivity index (χ1n) is 11.7. The summed E-state index contributed by atoms with van der Waals surface area (Å²) < 4.78 is 13.7. The number of phenolic OH excluding ortho intramolecular Hbond substituents is 1. The molecule has 0 radical (unpaired) electrons. The van der Waals surface area contributed by atoms with Gasteiger partial charge in [0.15, 0.2) is 16.3 Å². The molecule has 6 nitrogen and oxygen atoms in total. The Morgan fingerprint density at radius 3 is 2.67 bits per heavy atom. The smallest absolute Gasteiger partial charge is 0.271 e. The molecule has 0 saturated heterocycles. The predicted octanol–water partition coefficient (Wildman–Crippen LogP) is 4.04. The summed E-state index contributed by atoms with van der Waals surface area (Å²) >= 11 is 1.36. The van der Waals surface area contributed by atoms with Crippen molar-refractivity contribution in [2.24, 2.45) is 4.99 Å². The maximum absolute atomic E-state index is 13.9. The molecule has 2 heterocycles. The van der Waals surface area contributed by atoms with E-state index in [4.69, 9.17) is 14.5 Å². The standard InChI is InChI=1S/C29H24N2O4S/c1-34-23-12-6-11-22(27(23)35-2)26-21-14-13-18-8-3-4-10-20(18)25(21)30-29-31(26)28(33)24(36-29)16-17-7-5-9-19(32)15-17/h3-12,15-16,26,32H,13-14H2,1-2H3/b24-16-/t26-/m0/s1. The van der Waals surface area contributed by atoms with Crippen LogP contribution in [0.2, 0.25) is 0 Å². The number of aromatic nitrogens is 1. The highest BCUT2D eigenvalue weighted by atomic mass is 32.1. The van der Waals surface area contributed by atoms with Gasteiger partial charge in [0.25, 0.3) is 5.56 Å². The molecule has 0 spiro atoms. The van der Waals surface area contributed by atoms with E-state index in [0.29, 0.717) is 20.8 Å². The summed E-state index contributed by atoms with van der Waals surface area (Å²) in [6.45, 7) is 0. The Balaban J connectivity index is 1.66. The average molecular weight is 497 g/mol. The van der Waals surface area contributed by atoms with Gasteiger partial charge in [-0.3, -0.25) is 9.36 Å². The van der Waals surface area contributed by atoms with Crippen LogP contribution in [0.4, 0.5) is 0 Å². The zero-order valence-electron chi connectivity index (χ0n) is 19.9. The van der Waals surface area contributed by atoms with Gasteiger partial charge in [-0.1, -0.05) is 59.9 Å². The maximum Gasteiger partial charge on any atom is 0.271 e. The lowest BCUT2D eigenvalue weighted by Gasteiger charge is -2.31. The Labute approximate surface area is 211 Å². The summed E-state index contributed by atoms with van der Waals surface area (Å²) in [7, 11) is 3.24. The molecule has 2 aliphatic rings. The minimum Gasteiger partial charge on any atom is -0.508 e. The summed E-state index contributed by atoms with van der Waals surface area (Å²) in [6, 6.07) is 20.6. The summed E-state index contributed by atoms with van der Waals surface area (Å²) in [5.41, 5.74) is 5.89. The van der Waals surface area contributed by atoms with Gasteiger partial charge in [0.2, 0.25) is 0 Å². The fourth-order valence-electron chi connectivity index (χ4n) is 5.19. The number of hydrogen-bond acceptors (Lipinski definition) is 6. The number of fused-ring (bicyclic) bond motifs is 3. The number of phenols is 1.